The SMILES string of the molecule is CN(Cc1cccc(F)c1)C(=O)c1cncc(NN)n1. The number of hydrogen-bond acceptors (Lipinski definition) is 5. The summed E-state index contributed by atoms with van der Waals surface area (Å²) >= 11 is 0. The van der Waals surface area contributed by atoms with Crippen molar-refractivity contribution in [1.82, 2.24) is 14.9 Å². The summed E-state index contributed by atoms with van der Waals surface area (Å²) in [6.45, 7) is 0.276. The molecular weight excluding hydrogens is 261 g/mol. The van der Waals surface area contributed by atoms with Crippen LogP contribution < -0.4 is 11.3 Å². The van der Waals surface area contributed by atoms with Gasteiger partial charge in [0.25, 0.3) is 5.91 Å². The van der Waals surface area contributed by atoms with E-state index in [0.717, 1.165) is 0 Å². The van der Waals surface area contributed by atoms with Crippen LogP contribution in [0.15, 0.2) is 36.7 Å². The Morgan fingerprint density at radius 1 is 1.45 bits per heavy atom. The van der Waals surface area contributed by atoms with E-state index < -0.39 is 0 Å². The predicted molar refractivity (Wildman–Crippen MR) is 72.0 cm³/mol. The zero-order chi connectivity index (χ0) is 14.5. The van der Waals surface area contributed by atoms with Gasteiger partial charge in [-0.05, 0) is 17.7 Å². The number of carbonyl (C=O) groups excluding carboxylic acids is 1. The highest BCUT2D eigenvalue weighted by Gasteiger charge is 2.14. The molecule has 6 nitrogen and oxygen atoms in total. The number of rotatable bonds is 4. The van der Waals surface area contributed by atoms with Gasteiger partial charge in [0, 0.05) is 13.6 Å². The molecule has 0 spiro atoms. The molecule has 3 N–H and O–H groups in total. The number of anilines is 1. The fourth-order valence-corrected chi connectivity index (χ4v) is 1.72. The van der Waals surface area contributed by atoms with Crippen LogP contribution in [-0.2, 0) is 6.54 Å². The summed E-state index contributed by atoms with van der Waals surface area (Å²) in [4.78, 5) is 21.5. The van der Waals surface area contributed by atoms with Crippen LogP contribution in [0, 0.1) is 5.82 Å². The van der Waals surface area contributed by atoms with Gasteiger partial charge in [0.1, 0.15) is 11.5 Å². The number of hydrazine groups is 1. The number of hydrogen-bond donors (Lipinski definition) is 2. The van der Waals surface area contributed by atoms with E-state index in [4.69, 9.17) is 5.84 Å². The quantitative estimate of drug-likeness (QED) is 0.646. The first-order valence-electron chi connectivity index (χ1n) is 5.88. The van der Waals surface area contributed by atoms with Crippen LogP contribution in [-0.4, -0.2) is 27.8 Å². The van der Waals surface area contributed by atoms with E-state index in [-0.39, 0.29) is 24.0 Å². The van der Waals surface area contributed by atoms with E-state index in [9.17, 15) is 9.18 Å². The van der Waals surface area contributed by atoms with Crippen LogP contribution >= 0.6 is 0 Å². The standard InChI is InChI=1S/C13H14FN5O/c1-19(8-9-3-2-4-10(14)5-9)13(20)11-6-16-7-12(17-11)18-15/h2-7H,8,15H2,1H3,(H,17,18). The van der Waals surface area contributed by atoms with Crippen LogP contribution in [0.3, 0.4) is 0 Å². The van der Waals surface area contributed by atoms with Gasteiger partial charge in [0.2, 0.25) is 0 Å². The first-order chi connectivity index (χ1) is 9.60. The summed E-state index contributed by atoms with van der Waals surface area (Å²) in [6, 6.07) is 6.08. The second-order valence-electron chi connectivity index (χ2n) is 4.23. The monoisotopic (exact) mass is 275 g/mol. The molecule has 2 rings (SSSR count). The largest absolute Gasteiger partial charge is 0.336 e. The molecule has 104 valence electrons. The topological polar surface area (TPSA) is 84.1 Å². The van der Waals surface area contributed by atoms with Crippen molar-refractivity contribution in [2.45, 2.75) is 6.54 Å². The van der Waals surface area contributed by atoms with Gasteiger partial charge in [-0.25, -0.2) is 15.2 Å². The van der Waals surface area contributed by atoms with Gasteiger partial charge in [-0.2, -0.15) is 0 Å². The average molecular weight is 275 g/mol. The van der Waals surface area contributed by atoms with Crippen molar-refractivity contribution in [1.29, 1.82) is 0 Å². The van der Waals surface area contributed by atoms with Crippen molar-refractivity contribution in [3.8, 4) is 0 Å². The van der Waals surface area contributed by atoms with Crippen molar-refractivity contribution in [3.05, 3.63) is 53.7 Å². The van der Waals surface area contributed by atoms with E-state index in [1.807, 2.05) is 0 Å². The number of halogens is 1. The minimum absolute atomic E-state index is 0.166. The third-order valence-corrected chi connectivity index (χ3v) is 2.66. The lowest BCUT2D eigenvalue weighted by atomic mass is 10.2. The Morgan fingerprint density at radius 3 is 2.95 bits per heavy atom. The Kier molecular flexibility index (Phi) is 4.21. The molecule has 0 aliphatic carbocycles. The molecule has 0 aliphatic rings. The highest BCUT2D eigenvalue weighted by Crippen LogP contribution is 2.09. The molecule has 1 aromatic carbocycles. The number of nitrogens with zero attached hydrogens (tertiary/aromatic N) is 3. The minimum atomic E-state index is -0.336. The van der Waals surface area contributed by atoms with Crippen molar-refractivity contribution < 1.29 is 9.18 Å². The van der Waals surface area contributed by atoms with Crippen molar-refractivity contribution in [2.75, 3.05) is 12.5 Å². The second kappa shape index (κ2) is 6.07. The molecule has 0 radical (unpaired) electrons. The number of nitrogen functional groups attached to an aromatic ring is 1. The van der Waals surface area contributed by atoms with Crippen molar-refractivity contribution >= 4 is 11.7 Å². The molecular formula is C13H14FN5O. The fourth-order valence-electron chi connectivity index (χ4n) is 1.72. The molecule has 0 unspecified atom stereocenters. The Morgan fingerprint density at radius 2 is 2.25 bits per heavy atom. The Bertz CT molecular complexity index is 619. The van der Waals surface area contributed by atoms with Crippen LogP contribution in [0.25, 0.3) is 0 Å². The summed E-state index contributed by atoms with van der Waals surface area (Å²) < 4.78 is 13.1. The van der Waals surface area contributed by atoms with Crippen molar-refractivity contribution in [3.63, 3.8) is 0 Å². The van der Waals surface area contributed by atoms with Crippen molar-refractivity contribution in [2.24, 2.45) is 5.84 Å². The number of nitrogens with two attached hydrogens (primary N) is 1. The second-order valence-corrected chi connectivity index (χ2v) is 4.23. The minimum Gasteiger partial charge on any atom is -0.336 e. The van der Waals surface area contributed by atoms with Crippen LogP contribution in [0.5, 0.6) is 0 Å². The zero-order valence-electron chi connectivity index (χ0n) is 10.9. The highest BCUT2D eigenvalue weighted by atomic mass is 19.1. The number of carbonyl (C=O) groups is 1. The van der Waals surface area contributed by atoms with Gasteiger partial charge in [-0.15, -0.1) is 0 Å². The summed E-state index contributed by atoms with van der Waals surface area (Å²) in [7, 11) is 1.61. The average Bonchev–Trinajstić information content (AvgIpc) is 2.46. The third-order valence-electron chi connectivity index (χ3n) is 2.66. The maximum atomic E-state index is 13.1. The summed E-state index contributed by atoms with van der Waals surface area (Å²) in [5.74, 6) is 4.86. The summed E-state index contributed by atoms with van der Waals surface area (Å²) in [5, 5.41) is 0. The number of amides is 1. The van der Waals surface area contributed by atoms with E-state index in [0.29, 0.717) is 11.4 Å². The smallest absolute Gasteiger partial charge is 0.274 e. The molecule has 7 heteroatoms. The molecule has 1 amide bonds. The van der Waals surface area contributed by atoms with Gasteiger partial charge in [-0.3, -0.25) is 9.78 Å². The van der Waals surface area contributed by atoms with Crippen LogP contribution in [0.4, 0.5) is 10.2 Å². The van der Waals surface area contributed by atoms with Gasteiger partial charge < -0.3 is 10.3 Å². The molecule has 0 fully saturated rings. The zero-order valence-corrected chi connectivity index (χ0v) is 10.9. The lowest BCUT2D eigenvalue weighted by Crippen LogP contribution is -2.27. The Labute approximate surface area is 115 Å². The van der Waals surface area contributed by atoms with Gasteiger partial charge >= 0.3 is 0 Å². The van der Waals surface area contributed by atoms with Crippen LogP contribution in [0.2, 0.25) is 0 Å². The number of aromatic nitrogens is 2. The third kappa shape index (κ3) is 3.27. The van der Waals surface area contributed by atoms with E-state index in [2.05, 4.69) is 15.4 Å². The van der Waals surface area contributed by atoms with Gasteiger partial charge in [0.15, 0.2) is 5.82 Å². The first kappa shape index (κ1) is 13.9. The predicted octanol–water partition coefficient (Wildman–Crippen LogP) is 1.17. The molecule has 0 bridgehead atoms. The first-order valence-corrected chi connectivity index (χ1v) is 5.88. The summed E-state index contributed by atoms with van der Waals surface area (Å²) in [6.07, 6.45) is 2.76. The van der Waals surface area contributed by atoms with E-state index in [1.165, 1.54) is 29.4 Å². The molecule has 0 aliphatic heterocycles. The molecule has 0 saturated carbocycles. The molecule has 1 aromatic heterocycles. The fraction of sp³-hybridized carbons (Fsp3) is 0.154. The summed E-state index contributed by atoms with van der Waals surface area (Å²) in [5.41, 5.74) is 3.19. The molecule has 20 heavy (non-hydrogen) atoms. The highest BCUT2D eigenvalue weighted by molar-refractivity contribution is 5.92. The van der Waals surface area contributed by atoms with Gasteiger partial charge in [0.05, 0.1) is 12.4 Å². The Balaban J connectivity index is 2.12. The van der Waals surface area contributed by atoms with Gasteiger partial charge in [-0.1, -0.05) is 12.1 Å². The van der Waals surface area contributed by atoms with E-state index in [1.54, 1.807) is 19.2 Å². The number of benzene rings is 1. The molecule has 2 aromatic rings. The normalized spacial score (nSPS) is 10.2. The molecule has 0 saturated heterocycles. The Hall–Kier alpha value is -2.54. The maximum Gasteiger partial charge on any atom is 0.274 e. The van der Waals surface area contributed by atoms with Crippen LogP contribution in [0.1, 0.15) is 16.1 Å². The number of nitrogens with one attached hydrogen (secondary N) is 1. The lowest BCUT2D eigenvalue weighted by molar-refractivity contribution is 0.0779. The molecule has 0 atom stereocenters. The maximum absolute atomic E-state index is 13.1. The lowest BCUT2D eigenvalue weighted by Gasteiger charge is -2.16. The molecule has 1 heterocycles. The van der Waals surface area contributed by atoms with E-state index >= 15 is 0 Å².